The lowest BCUT2D eigenvalue weighted by Gasteiger charge is -2.02. The average Bonchev–Trinajstić information content (AvgIpc) is 2.13. The molecular formula is C14H20. The Kier molecular flexibility index (Phi) is 5.62. The van der Waals surface area contributed by atoms with Gasteiger partial charge >= 0.3 is 0 Å². The molecule has 0 bridgehead atoms. The maximum atomic E-state index is 3.96. The fourth-order valence-corrected chi connectivity index (χ4v) is 0.844. The largest absolute Gasteiger partial charge is 0.0958 e. The van der Waals surface area contributed by atoms with Crippen LogP contribution in [-0.4, -0.2) is 0 Å². The molecule has 14 heavy (non-hydrogen) atoms. The van der Waals surface area contributed by atoms with Crippen molar-refractivity contribution >= 4 is 0 Å². The minimum Gasteiger partial charge on any atom is -0.0958 e. The molecule has 0 aromatic carbocycles. The van der Waals surface area contributed by atoms with Crippen LogP contribution in [0.2, 0.25) is 0 Å². The molecule has 76 valence electrons. The number of allylic oxidation sites excluding steroid dienone is 7. The van der Waals surface area contributed by atoms with E-state index in [1.807, 2.05) is 26.0 Å². The van der Waals surface area contributed by atoms with Crippen molar-refractivity contribution in [3.8, 4) is 0 Å². The van der Waals surface area contributed by atoms with E-state index in [1.165, 1.54) is 0 Å². The van der Waals surface area contributed by atoms with Crippen molar-refractivity contribution in [1.29, 1.82) is 0 Å². The van der Waals surface area contributed by atoms with E-state index < -0.39 is 0 Å². The summed E-state index contributed by atoms with van der Waals surface area (Å²) in [6.07, 6.45) is 7.13. The average molecular weight is 188 g/mol. The fourth-order valence-electron chi connectivity index (χ4n) is 0.844. The highest BCUT2D eigenvalue weighted by Gasteiger charge is 1.94. The van der Waals surface area contributed by atoms with Crippen molar-refractivity contribution < 1.29 is 0 Å². The van der Waals surface area contributed by atoms with Crippen LogP contribution in [-0.2, 0) is 0 Å². The smallest absolute Gasteiger partial charge is 0.0259 e. The van der Waals surface area contributed by atoms with Gasteiger partial charge in [0.05, 0.1) is 0 Å². The molecule has 0 unspecified atom stereocenters. The molecule has 0 saturated heterocycles. The fraction of sp³-hybridized carbons (Fsp3) is 0.286. The molecule has 0 fully saturated rings. The van der Waals surface area contributed by atoms with Crippen molar-refractivity contribution in [2.24, 2.45) is 0 Å². The SMILES string of the molecule is C=C(/C=C\CC)C(=C)/C=C(\C)C(=C)C. The van der Waals surface area contributed by atoms with Crippen LogP contribution in [0.1, 0.15) is 27.2 Å². The van der Waals surface area contributed by atoms with E-state index in [4.69, 9.17) is 0 Å². The van der Waals surface area contributed by atoms with Crippen LogP contribution >= 0.6 is 0 Å². The van der Waals surface area contributed by atoms with Gasteiger partial charge in [0.2, 0.25) is 0 Å². The standard InChI is InChI=1S/C14H20/c1-7-8-9-12(4)14(6)10-13(5)11(2)3/h8-10H,2,4,6-7H2,1,3,5H3/b9-8-,13-10+. The molecule has 0 spiro atoms. The number of hydrogen-bond acceptors (Lipinski definition) is 0. The Labute approximate surface area is 88.0 Å². The molecule has 0 amide bonds. The minimum absolute atomic E-state index is 0.954. The third kappa shape index (κ3) is 4.66. The summed E-state index contributed by atoms with van der Waals surface area (Å²) in [6, 6.07) is 0. The van der Waals surface area contributed by atoms with Gasteiger partial charge in [-0.2, -0.15) is 0 Å². The Hall–Kier alpha value is -1.30. The summed E-state index contributed by atoms with van der Waals surface area (Å²) < 4.78 is 0. The summed E-state index contributed by atoms with van der Waals surface area (Å²) in [5, 5.41) is 0. The van der Waals surface area contributed by atoms with E-state index in [-0.39, 0.29) is 0 Å². The summed E-state index contributed by atoms with van der Waals surface area (Å²) in [5.41, 5.74) is 4.14. The second-order valence-electron chi connectivity index (χ2n) is 3.47. The van der Waals surface area contributed by atoms with Gasteiger partial charge in [0, 0.05) is 0 Å². The van der Waals surface area contributed by atoms with Crippen LogP contribution in [0.4, 0.5) is 0 Å². The van der Waals surface area contributed by atoms with Crippen LogP contribution < -0.4 is 0 Å². The molecule has 0 aliphatic carbocycles. The first-order valence-electron chi connectivity index (χ1n) is 4.88. The summed E-state index contributed by atoms with van der Waals surface area (Å²) >= 11 is 0. The highest BCUT2D eigenvalue weighted by Crippen LogP contribution is 2.14. The summed E-state index contributed by atoms with van der Waals surface area (Å²) in [5.74, 6) is 0. The number of hydrogen-bond donors (Lipinski definition) is 0. The van der Waals surface area contributed by atoms with Crippen LogP contribution in [0.15, 0.2) is 60.3 Å². The molecule has 0 N–H and O–H groups in total. The minimum atomic E-state index is 0.954. The molecule has 0 aromatic rings. The topological polar surface area (TPSA) is 0 Å². The second-order valence-corrected chi connectivity index (χ2v) is 3.47. The van der Waals surface area contributed by atoms with Crippen LogP contribution in [0.5, 0.6) is 0 Å². The zero-order chi connectivity index (χ0) is 11.1. The lowest BCUT2D eigenvalue weighted by atomic mass is 10.0. The van der Waals surface area contributed by atoms with Gasteiger partial charge in [-0.25, -0.2) is 0 Å². The molecule has 0 aliphatic heterocycles. The molecule has 0 saturated carbocycles. The highest BCUT2D eigenvalue weighted by molar-refractivity contribution is 5.46. The predicted octanol–water partition coefficient (Wildman–Crippen LogP) is 4.59. The first kappa shape index (κ1) is 12.7. The lowest BCUT2D eigenvalue weighted by Crippen LogP contribution is -1.82. The highest BCUT2D eigenvalue weighted by atomic mass is 14.0. The maximum absolute atomic E-state index is 3.96. The molecule has 0 aliphatic rings. The zero-order valence-electron chi connectivity index (χ0n) is 9.56. The first-order chi connectivity index (χ1) is 6.49. The van der Waals surface area contributed by atoms with Crippen molar-refractivity contribution in [1.82, 2.24) is 0 Å². The second kappa shape index (κ2) is 6.20. The summed E-state index contributed by atoms with van der Waals surface area (Å²) in [7, 11) is 0. The van der Waals surface area contributed by atoms with Crippen molar-refractivity contribution in [2.75, 3.05) is 0 Å². The summed E-state index contributed by atoms with van der Waals surface area (Å²) in [4.78, 5) is 0. The van der Waals surface area contributed by atoms with E-state index in [1.54, 1.807) is 0 Å². The predicted molar refractivity (Wildman–Crippen MR) is 66.3 cm³/mol. The molecular weight excluding hydrogens is 168 g/mol. The maximum Gasteiger partial charge on any atom is -0.0259 e. The quantitative estimate of drug-likeness (QED) is 0.554. The number of rotatable bonds is 5. The first-order valence-corrected chi connectivity index (χ1v) is 4.88. The van der Waals surface area contributed by atoms with Gasteiger partial charge in [0.25, 0.3) is 0 Å². The van der Waals surface area contributed by atoms with Gasteiger partial charge in [0.1, 0.15) is 0 Å². The van der Waals surface area contributed by atoms with Gasteiger partial charge in [-0.15, -0.1) is 0 Å². The Bertz CT molecular complexity index is 298. The molecule has 0 aromatic heterocycles. The Morgan fingerprint density at radius 2 is 1.64 bits per heavy atom. The van der Waals surface area contributed by atoms with Gasteiger partial charge in [0.15, 0.2) is 0 Å². The lowest BCUT2D eigenvalue weighted by molar-refractivity contribution is 1.22. The van der Waals surface area contributed by atoms with Gasteiger partial charge in [-0.3, -0.25) is 0 Å². The van der Waals surface area contributed by atoms with E-state index in [0.717, 1.165) is 28.7 Å². The van der Waals surface area contributed by atoms with E-state index in [9.17, 15) is 0 Å². The van der Waals surface area contributed by atoms with Gasteiger partial charge in [-0.1, -0.05) is 50.5 Å². The monoisotopic (exact) mass is 188 g/mol. The van der Waals surface area contributed by atoms with E-state index in [2.05, 4.69) is 32.7 Å². The van der Waals surface area contributed by atoms with E-state index >= 15 is 0 Å². The third-order valence-corrected chi connectivity index (χ3v) is 2.03. The van der Waals surface area contributed by atoms with Crippen molar-refractivity contribution in [3.05, 3.63) is 60.3 Å². The Morgan fingerprint density at radius 1 is 1.07 bits per heavy atom. The van der Waals surface area contributed by atoms with Crippen molar-refractivity contribution in [2.45, 2.75) is 27.2 Å². The molecule has 0 heteroatoms. The van der Waals surface area contributed by atoms with Crippen molar-refractivity contribution in [3.63, 3.8) is 0 Å². The molecule has 0 rings (SSSR count). The molecule has 0 nitrogen and oxygen atoms in total. The third-order valence-electron chi connectivity index (χ3n) is 2.03. The zero-order valence-corrected chi connectivity index (χ0v) is 9.56. The normalized spacial score (nSPS) is 11.8. The van der Waals surface area contributed by atoms with Gasteiger partial charge in [-0.05, 0) is 37.0 Å². The van der Waals surface area contributed by atoms with Gasteiger partial charge < -0.3 is 0 Å². The van der Waals surface area contributed by atoms with E-state index in [0.29, 0.717) is 0 Å². The summed E-state index contributed by atoms with van der Waals surface area (Å²) in [6.45, 7) is 17.9. The van der Waals surface area contributed by atoms with Crippen LogP contribution in [0.3, 0.4) is 0 Å². The van der Waals surface area contributed by atoms with Crippen LogP contribution in [0, 0.1) is 0 Å². The Balaban J connectivity index is 4.50. The molecule has 0 radical (unpaired) electrons. The molecule has 0 heterocycles. The van der Waals surface area contributed by atoms with Crippen LogP contribution in [0.25, 0.3) is 0 Å². The Morgan fingerprint density at radius 3 is 2.07 bits per heavy atom. The molecule has 0 atom stereocenters.